The molecule has 0 radical (unpaired) electrons. The van der Waals surface area contributed by atoms with Crippen molar-refractivity contribution in [3.8, 4) is 147 Å². The van der Waals surface area contributed by atoms with Crippen LogP contribution in [0, 0.1) is 108 Å². The van der Waals surface area contributed by atoms with Crippen molar-refractivity contribution >= 4 is 98.5 Å². The number of hydrogen-bond acceptors (Lipinski definition) is 8. The molecule has 143 heavy (non-hydrogen) atoms. The van der Waals surface area contributed by atoms with Gasteiger partial charge in [0, 0.05) is 122 Å². The molecule has 24 aromatic rings. The number of furan rings is 4. The molecule has 12 nitrogen and oxygen atoms in total. The van der Waals surface area contributed by atoms with Crippen LogP contribution in [0.15, 0.2) is 388 Å². The average Bonchev–Trinajstić information content (AvgIpc) is 1.58. The zero-order valence-corrected chi connectivity index (χ0v) is 81.9. The first kappa shape index (κ1) is 91.0. The van der Waals surface area contributed by atoms with Crippen LogP contribution in [0.2, 0.25) is 0 Å². The van der Waals surface area contributed by atoms with E-state index < -0.39 is 0 Å². The first-order chi connectivity index (χ1) is 69.7. The highest BCUT2D eigenvalue weighted by atomic mass is 16.3. The lowest BCUT2D eigenvalue weighted by Gasteiger charge is -2.13. The summed E-state index contributed by atoms with van der Waals surface area (Å²) in [5, 5.41) is 49.5. The van der Waals surface area contributed by atoms with Gasteiger partial charge in [0.05, 0.1) is 79.7 Å². The van der Waals surface area contributed by atoms with Crippen LogP contribution in [0.25, 0.3) is 221 Å². The molecule has 0 N–H and O–H groups in total. The van der Waals surface area contributed by atoms with Crippen molar-refractivity contribution in [2.45, 2.75) is 62.3 Å². The maximum Gasteiger partial charge on any atom is 0.224 e. The van der Waals surface area contributed by atoms with Crippen molar-refractivity contribution < 1.29 is 35.9 Å². The lowest BCUT2D eigenvalue weighted by atomic mass is 9.93. The third-order valence-electron chi connectivity index (χ3n) is 28.8. The van der Waals surface area contributed by atoms with Crippen LogP contribution in [-0.4, -0.2) is 0 Å². The first-order valence-electron chi connectivity index (χ1n) is 48.1. The Kier molecular flexibility index (Phi) is 24.0. The molecule has 0 unspecified atom stereocenters. The van der Waals surface area contributed by atoms with E-state index in [-0.39, 0.29) is 0 Å². The van der Waals surface area contributed by atoms with E-state index in [9.17, 15) is 21.0 Å². The smallest absolute Gasteiger partial charge is 0.224 e. The summed E-state index contributed by atoms with van der Waals surface area (Å²) in [6.45, 7) is 19.3. The summed E-state index contributed by atoms with van der Waals surface area (Å²) in [5.41, 5.74) is 43.4. The Labute approximate surface area is 830 Å². The van der Waals surface area contributed by atoms with E-state index in [0.29, 0.717) is 22.3 Å². The molecule has 16 aromatic carbocycles. The van der Waals surface area contributed by atoms with Crippen LogP contribution in [0.5, 0.6) is 0 Å². The summed E-state index contributed by atoms with van der Waals surface area (Å²) in [6.07, 6.45) is 2.09. The van der Waals surface area contributed by atoms with Gasteiger partial charge in [0.15, 0.2) is 23.3 Å². The quantitative estimate of drug-likeness (QED) is 0.116. The maximum absolute atomic E-state index is 9.99. The van der Waals surface area contributed by atoms with Crippen LogP contribution >= 0.6 is 0 Å². The minimum Gasteiger partial charge on any atom is -0.454 e. The fourth-order valence-electron chi connectivity index (χ4n) is 21.1. The fraction of sp³-hybridized carbons (Fsp3) is 0.0992. The molecule has 0 atom stereocenters. The van der Waals surface area contributed by atoms with Crippen LogP contribution < -0.4 is 18.3 Å². The molecule has 0 aliphatic heterocycles. The fourth-order valence-corrected chi connectivity index (χ4v) is 21.1. The predicted molar refractivity (Wildman–Crippen MR) is 578 cm³/mol. The molecule has 684 valence electrons. The summed E-state index contributed by atoms with van der Waals surface area (Å²) < 4.78 is 35.8. The summed E-state index contributed by atoms with van der Waals surface area (Å²) in [5.74, 6) is 0. The second-order valence-corrected chi connectivity index (χ2v) is 37.0. The van der Waals surface area contributed by atoms with E-state index in [0.717, 1.165) is 200 Å². The standard InChI is InChI=1S/2C34H27N2O.C33H25N2O.C30H21N2O/c1-21-15-17-28-32-26(20-35)16-18-27(24-11-7-5-8-12-24)33(32)37-34(28)31(21)30-19-29(22(2)23(3)36(30)4)25-13-9-6-10-14-25;1-21-15-17-28-32-26(20-35)16-18-27(24-11-7-5-8-12-24)33(32)37-34(28)31(21)29-19-22(2)30(23(3)36(29)4)25-13-9-6-10-14-25;1-21-14-16-28-31-25(20-34)15-17-27(24-12-8-5-9-13-24)32(31)36-33(28)30(21)29-19-18-26(22(2)35(29)3)23-10-6-4-7-11-23;1-19-12-14-25-27-22(18-31)13-15-24(20-8-4-3-5-9-20)29(27)33-30(25)26(19)28-23-11-7-6-10-21(23)16-17-32(28)2/h2*5-19H,1-4H3;4-19H,1-3H3;3-17H,1-2H3/q4*+1. The van der Waals surface area contributed by atoms with E-state index >= 15 is 0 Å². The molecule has 0 fully saturated rings. The highest BCUT2D eigenvalue weighted by Gasteiger charge is 2.33. The lowest BCUT2D eigenvalue weighted by molar-refractivity contribution is -0.667. The van der Waals surface area contributed by atoms with Crippen molar-refractivity contribution in [2.75, 3.05) is 0 Å². The molecule has 8 heterocycles. The minimum absolute atomic E-state index is 0.623. The zero-order valence-electron chi connectivity index (χ0n) is 81.9. The molecular formula is C131H100N8O4+4. The molecule has 12 heteroatoms. The van der Waals surface area contributed by atoms with Crippen LogP contribution in [0.1, 0.15) is 72.7 Å². The maximum atomic E-state index is 9.99. The third-order valence-corrected chi connectivity index (χ3v) is 28.8. The van der Waals surface area contributed by atoms with Crippen molar-refractivity contribution in [3.63, 3.8) is 0 Å². The number of fused-ring (bicyclic) bond motifs is 13. The number of rotatable bonds is 11. The van der Waals surface area contributed by atoms with Crippen LogP contribution in [-0.2, 0) is 28.2 Å². The van der Waals surface area contributed by atoms with Crippen molar-refractivity contribution in [1.29, 1.82) is 21.0 Å². The minimum atomic E-state index is 0.623. The summed E-state index contributed by atoms with van der Waals surface area (Å²) in [7, 11) is 8.41. The molecule has 0 aliphatic carbocycles. The normalized spacial score (nSPS) is 11.2. The van der Waals surface area contributed by atoms with E-state index in [1.54, 1.807) is 0 Å². The Morgan fingerprint density at radius 3 is 0.881 bits per heavy atom. The SMILES string of the molecule is Cc1cc(-c2c(C)ccc3c2oc2c(-c4ccccc4)ccc(C#N)c23)[n+](C)c(C)c1-c1ccccc1.Cc1ccc2c(oc3c(-c4ccccc4)ccc(C#N)c32)c1-c1c2ccccc2cc[n+]1C.Cc1ccc2c(oc3c(-c4ccccc4)ccc(C#N)c32)c1-c1cc(-c2ccccc2)c(C)c(C)[n+]1C.Cc1ccc2c(oc3c(-c4ccccc4)ccc(C#N)c32)c1-c1ccc(-c2ccccc2)c(C)[n+]1C. The number of pyridine rings is 4. The topological polar surface area (TPSA) is 163 Å². The summed E-state index contributed by atoms with van der Waals surface area (Å²) >= 11 is 0. The Morgan fingerprint density at radius 2 is 0.510 bits per heavy atom. The zero-order chi connectivity index (χ0) is 98.7. The van der Waals surface area contributed by atoms with Gasteiger partial charge in [-0.05, 0) is 180 Å². The molecule has 0 saturated heterocycles. The second-order valence-electron chi connectivity index (χ2n) is 37.0. The molecule has 24 rings (SSSR count). The molecule has 8 aromatic heterocycles. The Balaban J connectivity index is 0.000000113. The van der Waals surface area contributed by atoms with Gasteiger partial charge in [0.25, 0.3) is 0 Å². The van der Waals surface area contributed by atoms with Gasteiger partial charge in [-0.25, -0.2) is 4.57 Å². The van der Waals surface area contributed by atoms with E-state index in [2.05, 4.69) is 364 Å². The molecule has 0 aliphatic rings. The lowest BCUT2D eigenvalue weighted by Crippen LogP contribution is -2.36. The molecular weight excluding hydrogens is 1750 g/mol. The van der Waals surface area contributed by atoms with Crippen molar-refractivity contribution in [3.05, 3.63) is 443 Å². The third kappa shape index (κ3) is 15.9. The molecule has 0 amide bonds. The van der Waals surface area contributed by atoms with Gasteiger partial charge < -0.3 is 17.7 Å². The predicted octanol–water partition coefficient (Wildman–Crippen LogP) is 31.4. The van der Waals surface area contributed by atoms with E-state index in [1.165, 1.54) is 72.4 Å². The van der Waals surface area contributed by atoms with Gasteiger partial charge in [-0.1, -0.05) is 279 Å². The Morgan fingerprint density at radius 1 is 0.217 bits per heavy atom. The number of hydrogen-bond donors (Lipinski definition) is 0. The number of benzene rings is 16. The van der Waals surface area contributed by atoms with Gasteiger partial charge in [0.2, 0.25) is 22.8 Å². The number of nitriles is 4. The van der Waals surface area contributed by atoms with Gasteiger partial charge in [-0.3, -0.25) is 0 Å². The molecule has 0 spiro atoms. The highest BCUT2D eigenvalue weighted by molar-refractivity contribution is 6.20. The highest BCUT2D eigenvalue weighted by Crippen LogP contribution is 2.50. The van der Waals surface area contributed by atoms with E-state index in [1.807, 2.05) is 140 Å². The van der Waals surface area contributed by atoms with Gasteiger partial charge in [-0.2, -0.15) is 34.7 Å². The average molecular weight is 1850 g/mol. The van der Waals surface area contributed by atoms with Crippen LogP contribution in [0.4, 0.5) is 0 Å². The largest absolute Gasteiger partial charge is 0.454 e. The van der Waals surface area contributed by atoms with Gasteiger partial charge >= 0.3 is 0 Å². The molecule has 0 bridgehead atoms. The summed E-state index contributed by atoms with van der Waals surface area (Å²) in [4.78, 5) is 0. The summed E-state index contributed by atoms with van der Waals surface area (Å²) in [6, 6.07) is 134. The number of nitrogens with zero attached hydrogens (tertiary/aromatic N) is 8. The van der Waals surface area contributed by atoms with Gasteiger partial charge in [0.1, 0.15) is 72.9 Å². The first-order valence-corrected chi connectivity index (χ1v) is 48.1. The van der Waals surface area contributed by atoms with E-state index in [4.69, 9.17) is 17.7 Å². The van der Waals surface area contributed by atoms with Gasteiger partial charge in [-0.15, -0.1) is 0 Å². The Hall–Kier alpha value is -18.5. The number of aryl methyl sites for hydroxylation is 6. The number of aromatic nitrogens is 4. The molecule has 0 saturated carbocycles. The van der Waals surface area contributed by atoms with Crippen LogP contribution in [0.3, 0.4) is 0 Å². The second kappa shape index (κ2) is 37.8. The monoisotopic (exact) mass is 1850 g/mol. The van der Waals surface area contributed by atoms with Crippen molar-refractivity contribution in [1.82, 2.24) is 0 Å². The Bertz CT molecular complexity index is 9440. The van der Waals surface area contributed by atoms with Crippen molar-refractivity contribution in [2.24, 2.45) is 28.2 Å².